The Kier molecular flexibility index (Phi) is 2.11. The third kappa shape index (κ3) is 1.57. The van der Waals surface area contributed by atoms with Crippen molar-refractivity contribution in [2.45, 2.75) is 43.8 Å². The second kappa shape index (κ2) is 3.33. The normalized spacial score (nSPS) is 35.8. The molecule has 3 rings (SSSR count). The summed E-state index contributed by atoms with van der Waals surface area (Å²) < 4.78 is 5.60. The van der Waals surface area contributed by atoms with Crippen molar-refractivity contribution < 1.29 is 14.6 Å². The lowest BCUT2D eigenvalue weighted by molar-refractivity contribution is -0.0797. The average molecular weight is 232 g/mol. The molecule has 0 radical (unpaired) electrons. The Hall–Kier alpha value is -1.35. The summed E-state index contributed by atoms with van der Waals surface area (Å²) in [5.41, 5.74) is 0.597. The number of aliphatic hydroxyl groups is 1. The fraction of sp³-hybridized carbons (Fsp3) is 0.500. The molecule has 1 saturated carbocycles. The molecule has 0 aromatic heterocycles. The highest BCUT2D eigenvalue weighted by Gasteiger charge is 2.49. The van der Waals surface area contributed by atoms with E-state index >= 15 is 0 Å². The van der Waals surface area contributed by atoms with Gasteiger partial charge in [-0.1, -0.05) is 18.2 Å². The minimum absolute atomic E-state index is 0.220. The number of carbonyl (C=O) groups is 1. The van der Waals surface area contributed by atoms with E-state index in [0.29, 0.717) is 31.2 Å². The predicted molar refractivity (Wildman–Crippen MR) is 62.6 cm³/mol. The number of rotatable bonds is 0. The summed E-state index contributed by atoms with van der Waals surface area (Å²) in [7, 11) is 0. The molecule has 1 fully saturated rings. The smallest absolute Gasteiger partial charge is 0.339 e. The minimum Gasteiger partial charge on any atom is -0.451 e. The number of hydrogen-bond donors (Lipinski definition) is 1. The first-order valence-corrected chi connectivity index (χ1v) is 6.08. The van der Waals surface area contributed by atoms with Gasteiger partial charge in [0.15, 0.2) is 0 Å². The topological polar surface area (TPSA) is 46.5 Å². The van der Waals surface area contributed by atoms with Gasteiger partial charge in [0, 0.05) is 5.56 Å². The van der Waals surface area contributed by atoms with Crippen molar-refractivity contribution in [1.82, 2.24) is 0 Å². The molecule has 1 aliphatic heterocycles. The lowest BCUT2D eigenvalue weighted by Crippen LogP contribution is -2.39. The van der Waals surface area contributed by atoms with Crippen LogP contribution in [0, 0.1) is 0 Å². The van der Waals surface area contributed by atoms with Crippen LogP contribution in [0.25, 0.3) is 0 Å². The van der Waals surface area contributed by atoms with Crippen LogP contribution in [0.3, 0.4) is 0 Å². The molecule has 1 N–H and O–H groups in total. The van der Waals surface area contributed by atoms with Crippen LogP contribution in [0.5, 0.6) is 0 Å². The molecule has 17 heavy (non-hydrogen) atoms. The molecule has 2 aliphatic rings. The third-order valence-corrected chi connectivity index (χ3v) is 4.06. The molecular weight excluding hydrogens is 216 g/mol. The zero-order valence-corrected chi connectivity index (χ0v) is 9.90. The van der Waals surface area contributed by atoms with Crippen LogP contribution >= 0.6 is 0 Å². The first kappa shape index (κ1) is 10.8. The van der Waals surface area contributed by atoms with E-state index in [0.717, 1.165) is 5.56 Å². The lowest BCUT2D eigenvalue weighted by atomic mass is 9.73. The van der Waals surface area contributed by atoms with Crippen molar-refractivity contribution in [1.29, 1.82) is 0 Å². The Bertz CT molecular complexity index is 466. The summed E-state index contributed by atoms with van der Waals surface area (Å²) in [6.07, 6.45) is 2.77. The van der Waals surface area contributed by atoms with Gasteiger partial charge in [-0.05, 0) is 38.7 Å². The van der Waals surface area contributed by atoms with E-state index in [1.54, 1.807) is 0 Å². The van der Waals surface area contributed by atoms with Gasteiger partial charge in [0.25, 0.3) is 0 Å². The highest BCUT2D eigenvalue weighted by Crippen LogP contribution is 2.48. The Labute approximate surface area is 100 Å². The SMILES string of the molecule is CC1(O)CCC2(CC1)OC(=O)c1ccccc12. The maximum absolute atomic E-state index is 11.8. The van der Waals surface area contributed by atoms with E-state index in [-0.39, 0.29) is 5.97 Å². The summed E-state index contributed by atoms with van der Waals surface area (Å²) in [4.78, 5) is 11.8. The van der Waals surface area contributed by atoms with Gasteiger partial charge in [-0.3, -0.25) is 0 Å². The second-order valence-electron chi connectivity index (χ2n) is 5.43. The standard InChI is InChI=1S/C14H16O3/c1-13(16)6-8-14(9-7-13)11-5-3-2-4-10(11)12(15)17-14/h2-5,16H,6-9H2,1H3. The van der Waals surface area contributed by atoms with Crippen molar-refractivity contribution in [3.63, 3.8) is 0 Å². The van der Waals surface area contributed by atoms with Crippen LogP contribution in [-0.4, -0.2) is 16.7 Å². The Morgan fingerprint density at radius 2 is 1.82 bits per heavy atom. The Morgan fingerprint density at radius 1 is 1.18 bits per heavy atom. The molecular formula is C14H16O3. The van der Waals surface area contributed by atoms with Gasteiger partial charge in [-0.15, -0.1) is 0 Å². The number of carbonyl (C=O) groups excluding carboxylic acids is 1. The maximum Gasteiger partial charge on any atom is 0.339 e. The molecule has 1 aromatic carbocycles. The fourth-order valence-electron chi connectivity index (χ4n) is 2.91. The van der Waals surface area contributed by atoms with Crippen LogP contribution in [0.15, 0.2) is 24.3 Å². The fourth-order valence-corrected chi connectivity index (χ4v) is 2.91. The summed E-state index contributed by atoms with van der Waals surface area (Å²) in [5.74, 6) is -0.220. The summed E-state index contributed by atoms with van der Waals surface area (Å²) in [5, 5.41) is 9.99. The molecule has 1 heterocycles. The third-order valence-electron chi connectivity index (χ3n) is 4.06. The molecule has 1 aliphatic carbocycles. The molecule has 0 atom stereocenters. The molecule has 0 bridgehead atoms. The van der Waals surface area contributed by atoms with Gasteiger partial charge in [0.1, 0.15) is 5.60 Å². The largest absolute Gasteiger partial charge is 0.451 e. The van der Waals surface area contributed by atoms with Gasteiger partial charge in [-0.2, -0.15) is 0 Å². The first-order chi connectivity index (χ1) is 8.03. The van der Waals surface area contributed by atoms with Crippen LogP contribution in [-0.2, 0) is 10.3 Å². The average Bonchev–Trinajstić information content (AvgIpc) is 2.59. The van der Waals surface area contributed by atoms with Crippen LogP contribution < -0.4 is 0 Å². The molecule has 0 amide bonds. The van der Waals surface area contributed by atoms with Gasteiger partial charge >= 0.3 is 5.97 Å². The maximum atomic E-state index is 11.8. The van der Waals surface area contributed by atoms with Gasteiger partial charge in [0.2, 0.25) is 0 Å². The van der Waals surface area contributed by atoms with E-state index < -0.39 is 11.2 Å². The molecule has 90 valence electrons. The second-order valence-corrected chi connectivity index (χ2v) is 5.43. The summed E-state index contributed by atoms with van der Waals surface area (Å²) in [6.45, 7) is 1.85. The van der Waals surface area contributed by atoms with E-state index in [9.17, 15) is 9.90 Å². The monoisotopic (exact) mass is 232 g/mol. The number of ether oxygens (including phenoxy) is 1. The predicted octanol–water partition coefficient (Wildman–Crippen LogP) is 2.38. The number of esters is 1. The molecule has 0 saturated heterocycles. The van der Waals surface area contributed by atoms with Crippen molar-refractivity contribution in [3.05, 3.63) is 35.4 Å². The number of fused-ring (bicyclic) bond motifs is 2. The lowest BCUT2D eigenvalue weighted by Gasteiger charge is -2.39. The Morgan fingerprint density at radius 3 is 2.53 bits per heavy atom. The van der Waals surface area contributed by atoms with Gasteiger partial charge < -0.3 is 9.84 Å². The molecule has 1 aromatic rings. The van der Waals surface area contributed by atoms with Gasteiger partial charge in [0.05, 0.1) is 11.2 Å². The van der Waals surface area contributed by atoms with E-state index in [2.05, 4.69) is 0 Å². The summed E-state index contributed by atoms with van der Waals surface area (Å²) in [6, 6.07) is 7.59. The zero-order chi connectivity index (χ0) is 12.1. The van der Waals surface area contributed by atoms with Crippen molar-refractivity contribution >= 4 is 5.97 Å². The zero-order valence-electron chi connectivity index (χ0n) is 9.90. The first-order valence-electron chi connectivity index (χ1n) is 6.08. The van der Waals surface area contributed by atoms with Crippen molar-refractivity contribution in [2.24, 2.45) is 0 Å². The highest BCUT2D eigenvalue weighted by molar-refractivity contribution is 5.94. The molecule has 3 nitrogen and oxygen atoms in total. The minimum atomic E-state index is -0.616. The highest BCUT2D eigenvalue weighted by atomic mass is 16.6. The van der Waals surface area contributed by atoms with Crippen molar-refractivity contribution in [2.75, 3.05) is 0 Å². The van der Waals surface area contributed by atoms with Crippen LogP contribution in [0.1, 0.15) is 48.5 Å². The number of benzene rings is 1. The quantitative estimate of drug-likeness (QED) is 0.698. The van der Waals surface area contributed by atoms with Gasteiger partial charge in [-0.25, -0.2) is 4.79 Å². The molecule has 3 heteroatoms. The molecule has 0 unspecified atom stereocenters. The number of hydrogen-bond acceptors (Lipinski definition) is 3. The van der Waals surface area contributed by atoms with E-state index in [1.807, 2.05) is 31.2 Å². The van der Waals surface area contributed by atoms with Crippen LogP contribution in [0.2, 0.25) is 0 Å². The van der Waals surface area contributed by atoms with E-state index in [1.165, 1.54) is 0 Å². The van der Waals surface area contributed by atoms with Crippen LogP contribution in [0.4, 0.5) is 0 Å². The summed E-state index contributed by atoms with van der Waals surface area (Å²) >= 11 is 0. The van der Waals surface area contributed by atoms with E-state index in [4.69, 9.17) is 4.74 Å². The molecule has 1 spiro atoms. The van der Waals surface area contributed by atoms with Crippen molar-refractivity contribution in [3.8, 4) is 0 Å². The Balaban J connectivity index is 1.99.